The van der Waals surface area contributed by atoms with Crippen molar-refractivity contribution >= 4 is 23.1 Å². The zero-order valence-electron chi connectivity index (χ0n) is 8.66. The Labute approximate surface area is 94.0 Å². The fraction of sp³-hybridized carbons (Fsp3) is 0.500. The van der Waals surface area contributed by atoms with Gasteiger partial charge in [0.2, 0.25) is 0 Å². The van der Waals surface area contributed by atoms with Gasteiger partial charge in [-0.3, -0.25) is 0 Å². The number of ether oxygens (including phenoxy) is 1. The summed E-state index contributed by atoms with van der Waals surface area (Å²) in [5.41, 5.74) is 7.52. The summed E-state index contributed by atoms with van der Waals surface area (Å²) in [6, 6.07) is 1.68. The summed E-state index contributed by atoms with van der Waals surface area (Å²) < 4.78 is 5.29. The van der Waals surface area contributed by atoms with E-state index in [0.717, 1.165) is 37.7 Å². The molecule has 15 heavy (non-hydrogen) atoms. The fourth-order valence-electron chi connectivity index (χ4n) is 1.67. The number of hydrogen-bond acceptors (Lipinski definition) is 4. The van der Waals surface area contributed by atoms with Crippen LogP contribution < -0.4 is 10.6 Å². The van der Waals surface area contributed by atoms with Gasteiger partial charge in [-0.1, -0.05) is 11.6 Å². The Kier molecular flexibility index (Phi) is 2.98. The van der Waals surface area contributed by atoms with E-state index in [1.54, 1.807) is 6.07 Å². The number of nitrogens with two attached hydrogens (primary N) is 1. The molecule has 2 heterocycles. The average molecular weight is 228 g/mol. The Morgan fingerprint density at radius 1 is 1.47 bits per heavy atom. The SMILES string of the molecule is Cc1c(N)cc(Cl)nc1N1CCOCC1. The lowest BCUT2D eigenvalue weighted by atomic mass is 10.2. The maximum Gasteiger partial charge on any atom is 0.135 e. The molecule has 0 aliphatic carbocycles. The Hall–Kier alpha value is -1.00. The molecule has 0 aromatic carbocycles. The predicted molar refractivity (Wildman–Crippen MR) is 61.4 cm³/mol. The summed E-state index contributed by atoms with van der Waals surface area (Å²) in [4.78, 5) is 6.47. The van der Waals surface area contributed by atoms with Crippen molar-refractivity contribution in [1.29, 1.82) is 0 Å². The lowest BCUT2D eigenvalue weighted by Gasteiger charge is -2.29. The highest BCUT2D eigenvalue weighted by molar-refractivity contribution is 6.29. The van der Waals surface area contributed by atoms with E-state index in [4.69, 9.17) is 22.1 Å². The molecule has 5 heteroatoms. The van der Waals surface area contributed by atoms with Crippen LogP contribution in [0, 0.1) is 6.92 Å². The van der Waals surface area contributed by atoms with Crippen LogP contribution >= 0.6 is 11.6 Å². The van der Waals surface area contributed by atoms with E-state index in [1.165, 1.54) is 0 Å². The van der Waals surface area contributed by atoms with Crippen molar-refractivity contribution in [1.82, 2.24) is 4.98 Å². The minimum atomic E-state index is 0.444. The molecule has 1 aromatic heterocycles. The normalized spacial score (nSPS) is 16.8. The molecule has 0 atom stereocenters. The molecule has 2 N–H and O–H groups in total. The summed E-state index contributed by atoms with van der Waals surface area (Å²) in [5, 5.41) is 0.444. The van der Waals surface area contributed by atoms with Crippen LogP contribution in [0.2, 0.25) is 5.15 Å². The van der Waals surface area contributed by atoms with Crippen LogP contribution in [0.1, 0.15) is 5.56 Å². The quantitative estimate of drug-likeness (QED) is 0.739. The largest absolute Gasteiger partial charge is 0.398 e. The maximum atomic E-state index is 5.89. The summed E-state index contributed by atoms with van der Waals surface area (Å²) in [6.07, 6.45) is 0. The van der Waals surface area contributed by atoms with Gasteiger partial charge in [0.25, 0.3) is 0 Å². The molecule has 82 valence electrons. The highest BCUT2D eigenvalue weighted by Gasteiger charge is 2.16. The molecule has 0 amide bonds. The first-order chi connectivity index (χ1) is 7.18. The number of nitrogen functional groups attached to an aromatic ring is 1. The van der Waals surface area contributed by atoms with Gasteiger partial charge in [-0.25, -0.2) is 4.98 Å². The molecule has 1 aliphatic rings. The second-order valence-corrected chi connectivity index (χ2v) is 3.97. The Balaban J connectivity index is 2.33. The molecule has 0 spiro atoms. The van der Waals surface area contributed by atoms with E-state index < -0.39 is 0 Å². The second kappa shape index (κ2) is 4.24. The van der Waals surface area contributed by atoms with Gasteiger partial charge in [0.15, 0.2) is 0 Å². The molecule has 1 aliphatic heterocycles. The minimum absolute atomic E-state index is 0.444. The highest BCUT2D eigenvalue weighted by atomic mass is 35.5. The van der Waals surface area contributed by atoms with E-state index in [0.29, 0.717) is 10.8 Å². The van der Waals surface area contributed by atoms with Gasteiger partial charge < -0.3 is 15.4 Å². The lowest BCUT2D eigenvalue weighted by Crippen LogP contribution is -2.37. The Morgan fingerprint density at radius 2 is 2.13 bits per heavy atom. The van der Waals surface area contributed by atoms with Crippen LogP contribution in [-0.2, 0) is 4.74 Å². The van der Waals surface area contributed by atoms with Gasteiger partial charge in [-0.2, -0.15) is 0 Å². The van der Waals surface area contributed by atoms with Crippen LogP contribution in [0.3, 0.4) is 0 Å². The third-order valence-corrected chi connectivity index (χ3v) is 2.76. The van der Waals surface area contributed by atoms with Gasteiger partial charge in [-0.05, 0) is 13.0 Å². The molecule has 1 fully saturated rings. The molecule has 4 nitrogen and oxygen atoms in total. The molecule has 0 radical (unpaired) electrons. The second-order valence-electron chi connectivity index (χ2n) is 3.58. The zero-order chi connectivity index (χ0) is 10.8. The number of pyridine rings is 1. The van der Waals surface area contributed by atoms with Crippen molar-refractivity contribution in [2.75, 3.05) is 36.9 Å². The number of rotatable bonds is 1. The summed E-state index contributed by atoms with van der Waals surface area (Å²) >= 11 is 5.89. The van der Waals surface area contributed by atoms with E-state index in [-0.39, 0.29) is 0 Å². The van der Waals surface area contributed by atoms with Crippen LogP contribution in [0.15, 0.2) is 6.07 Å². The molecular formula is C10H14ClN3O. The number of aromatic nitrogens is 1. The highest BCUT2D eigenvalue weighted by Crippen LogP contribution is 2.26. The molecule has 0 saturated carbocycles. The van der Waals surface area contributed by atoms with Crippen molar-refractivity contribution in [3.05, 3.63) is 16.8 Å². The van der Waals surface area contributed by atoms with Crippen molar-refractivity contribution < 1.29 is 4.74 Å². The van der Waals surface area contributed by atoms with Crippen LogP contribution in [0.25, 0.3) is 0 Å². The van der Waals surface area contributed by atoms with Crippen LogP contribution in [0.4, 0.5) is 11.5 Å². The van der Waals surface area contributed by atoms with Crippen molar-refractivity contribution in [3.63, 3.8) is 0 Å². The monoisotopic (exact) mass is 227 g/mol. The van der Waals surface area contributed by atoms with Gasteiger partial charge in [-0.15, -0.1) is 0 Å². The molecule has 0 unspecified atom stereocenters. The van der Waals surface area contributed by atoms with Gasteiger partial charge in [0, 0.05) is 24.3 Å². The smallest absolute Gasteiger partial charge is 0.135 e. The van der Waals surface area contributed by atoms with Gasteiger partial charge in [0.1, 0.15) is 11.0 Å². The first kappa shape index (κ1) is 10.5. The first-order valence-electron chi connectivity index (χ1n) is 4.94. The minimum Gasteiger partial charge on any atom is -0.398 e. The van der Waals surface area contributed by atoms with E-state index in [2.05, 4.69) is 9.88 Å². The van der Waals surface area contributed by atoms with E-state index >= 15 is 0 Å². The molecular weight excluding hydrogens is 214 g/mol. The van der Waals surface area contributed by atoms with E-state index in [1.807, 2.05) is 6.92 Å². The van der Waals surface area contributed by atoms with Gasteiger partial charge >= 0.3 is 0 Å². The van der Waals surface area contributed by atoms with Crippen molar-refractivity contribution in [2.45, 2.75) is 6.92 Å². The molecule has 0 bridgehead atoms. The number of anilines is 2. The van der Waals surface area contributed by atoms with Gasteiger partial charge in [0.05, 0.1) is 13.2 Å². The third kappa shape index (κ3) is 2.16. The molecule has 1 saturated heterocycles. The lowest BCUT2D eigenvalue weighted by molar-refractivity contribution is 0.122. The average Bonchev–Trinajstić information content (AvgIpc) is 2.24. The summed E-state index contributed by atoms with van der Waals surface area (Å²) in [7, 11) is 0. The fourth-order valence-corrected chi connectivity index (χ4v) is 1.86. The Morgan fingerprint density at radius 3 is 2.80 bits per heavy atom. The maximum absolute atomic E-state index is 5.89. The Bertz CT molecular complexity index is 364. The van der Waals surface area contributed by atoms with Crippen LogP contribution in [0.5, 0.6) is 0 Å². The number of halogens is 1. The topological polar surface area (TPSA) is 51.4 Å². The standard InChI is InChI=1S/C10H14ClN3O/c1-7-8(12)6-9(11)13-10(7)14-2-4-15-5-3-14/h6H,2-5H2,1H3,(H2,12,13). The number of morpholine rings is 1. The van der Waals surface area contributed by atoms with Crippen LogP contribution in [-0.4, -0.2) is 31.3 Å². The third-order valence-electron chi connectivity index (χ3n) is 2.57. The predicted octanol–water partition coefficient (Wildman–Crippen LogP) is 1.46. The zero-order valence-corrected chi connectivity index (χ0v) is 9.42. The first-order valence-corrected chi connectivity index (χ1v) is 5.31. The van der Waals surface area contributed by atoms with Crippen molar-refractivity contribution in [2.24, 2.45) is 0 Å². The molecule has 1 aromatic rings. The summed E-state index contributed by atoms with van der Waals surface area (Å²) in [6.45, 7) is 5.10. The van der Waals surface area contributed by atoms with Crippen molar-refractivity contribution in [3.8, 4) is 0 Å². The number of nitrogens with zero attached hydrogens (tertiary/aromatic N) is 2. The summed E-state index contributed by atoms with van der Waals surface area (Å²) in [5.74, 6) is 0.878. The van der Waals surface area contributed by atoms with E-state index in [9.17, 15) is 0 Å². The molecule has 2 rings (SSSR count). The number of hydrogen-bond donors (Lipinski definition) is 1.